The average molecular weight is 267 g/mol. The summed E-state index contributed by atoms with van der Waals surface area (Å²) < 4.78 is 0. The van der Waals surface area contributed by atoms with Crippen LogP contribution in [-0.4, -0.2) is 5.91 Å². The number of para-hydroxylation sites is 1. The predicted molar refractivity (Wildman–Crippen MR) is 83.9 cm³/mol. The average Bonchev–Trinajstić information content (AvgIpc) is 2.48. The monoisotopic (exact) mass is 267 g/mol. The highest BCUT2D eigenvalue weighted by Gasteiger charge is 2.04. The summed E-state index contributed by atoms with van der Waals surface area (Å²) >= 11 is 0. The Morgan fingerprint density at radius 1 is 1.00 bits per heavy atom. The third-order valence-corrected chi connectivity index (χ3v) is 3.49. The second-order valence-corrected chi connectivity index (χ2v) is 5.03. The minimum absolute atomic E-state index is 0.0684. The smallest absolute Gasteiger partial charge is 0.224 e. The summed E-state index contributed by atoms with van der Waals surface area (Å²) in [6.45, 7) is 4.14. The van der Waals surface area contributed by atoms with Gasteiger partial charge in [0.2, 0.25) is 5.91 Å². The van der Waals surface area contributed by atoms with E-state index in [2.05, 4.69) is 36.5 Å². The summed E-state index contributed by atoms with van der Waals surface area (Å²) in [5.74, 6) is 0.0684. The lowest BCUT2D eigenvalue weighted by Gasteiger charge is -2.08. The van der Waals surface area contributed by atoms with E-state index in [1.54, 1.807) is 0 Å². The van der Waals surface area contributed by atoms with E-state index in [4.69, 9.17) is 0 Å². The van der Waals surface area contributed by atoms with Crippen molar-refractivity contribution in [1.82, 2.24) is 0 Å². The lowest BCUT2D eigenvalue weighted by atomic mass is 10.1. The second kappa shape index (κ2) is 6.90. The Labute approximate surface area is 120 Å². The molecule has 2 heteroatoms. The lowest BCUT2D eigenvalue weighted by molar-refractivity contribution is -0.116. The molecule has 1 N–H and O–H groups in total. The molecule has 0 spiro atoms. The van der Waals surface area contributed by atoms with Crippen LogP contribution in [0.3, 0.4) is 0 Å². The molecule has 2 nitrogen and oxygen atoms in total. The lowest BCUT2D eigenvalue weighted by Crippen LogP contribution is -2.13. The Morgan fingerprint density at radius 3 is 2.30 bits per heavy atom. The van der Waals surface area contributed by atoms with Gasteiger partial charge in [0.25, 0.3) is 0 Å². The van der Waals surface area contributed by atoms with Crippen LogP contribution in [0.2, 0.25) is 0 Å². The van der Waals surface area contributed by atoms with Gasteiger partial charge in [0.1, 0.15) is 0 Å². The maximum absolute atomic E-state index is 11.9. The van der Waals surface area contributed by atoms with Gasteiger partial charge in [-0.15, -0.1) is 0 Å². The summed E-state index contributed by atoms with van der Waals surface area (Å²) in [5.41, 5.74) is 4.53. The highest BCUT2D eigenvalue weighted by Crippen LogP contribution is 2.14. The van der Waals surface area contributed by atoms with Crippen LogP contribution in [-0.2, 0) is 17.6 Å². The van der Waals surface area contributed by atoms with E-state index in [0.29, 0.717) is 6.42 Å². The number of rotatable bonds is 5. The first-order valence-electron chi connectivity index (χ1n) is 7.12. The van der Waals surface area contributed by atoms with Crippen LogP contribution in [0.25, 0.3) is 0 Å². The minimum atomic E-state index is 0.0684. The number of aryl methyl sites for hydroxylation is 3. The fraction of sp³-hybridized carbons (Fsp3) is 0.278. The number of carbonyl (C=O) groups is 1. The molecule has 0 aromatic heterocycles. The molecule has 0 aliphatic carbocycles. The van der Waals surface area contributed by atoms with Crippen molar-refractivity contribution in [2.75, 3.05) is 5.32 Å². The van der Waals surface area contributed by atoms with Crippen molar-refractivity contribution in [3.8, 4) is 0 Å². The summed E-state index contributed by atoms with van der Waals surface area (Å²) in [5, 5.41) is 2.96. The van der Waals surface area contributed by atoms with Gasteiger partial charge in [-0.3, -0.25) is 4.79 Å². The molecule has 0 aliphatic heterocycles. The molecule has 2 rings (SSSR count). The van der Waals surface area contributed by atoms with Crippen LogP contribution < -0.4 is 5.32 Å². The number of benzene rings is 2. The van der Waals surface area contributed by atoms with Gasteiger partial charge in [-0.1, -0.05) is 49.4 Å². The number of hydrogen-bond donors (Lipinski definition) is 1. The third kappa shape index (κ3) is 3.95. The van der Waals surface area contributed by atoms with Gasteiger partial charge < -0.3 is 5.32 Å². The maximum atomic E-state index is 11.9. The van der Waals surface area contributed by atoms with Crippen molar-refractivity contribution in [2.24, 2.45) is 0 Å². The summed E-state index contributed by atoms with van der Waals surface area (Å²) in [4.78, 5) is 11.9. The molecular weight excluding hydrogens is 246 g/mol. The quantitative estimate of drug-likeness (QED) is 0.867. The standard InChI is InChI=1S/C18H21NO/c1-3-15-8-10-16(11-9-15)12-13-18(20)19-17-7-5-4-6-14(17)2/h4-11H,3,12-13H2,1-2H3,(H,19,20). The summed E-state index contributed by atoms with van der Waals surface area (Å²) in [6.07, 6.45) is 2.34. The van der Waals surface area contributed by atoms with Crippen molar-refractivity contribution >= 4 is 11.6 Å². The molecule has 104 valence electrons. The topological polar surface area (TPSA) is 29.1 Å². The van der Waals surface area contributed by atoms with Crippen molar-refractivity contribution in [2.45, 2.75) is 33.1 Å². The van der Waals surface area contributed by atoms with E-state index in [9.17, 15) is 4.79 Å². The fourth-order valence-electron chi connectivity index (χ4n) is 2.13. The molecule has 0 aliphatic rings. The van der Waals surface area contributed by atoms with E-state index in [0.717, 1.165) is 24.1 Å². The van der Waals surface area contributed by atoms with Crippen LogP contribution >= 0.6 is 0 Å². The summed E-state index contributed by atoms with van der Waals surface area (Å²) in [6, 6.07) is 16.3. The molecular formula is C18H21NO. The van der Waals surface area contributed by atoms with E-state index in [-0.39, 0.29) is 5.91 Å². The molecule has 0 saturated carbocycles. The second-order valence-electron chi connectivity index (χ2n) is 5.03. The number of nitrogens with one attached hydrogen (secondary N) is 1. The molecule has 0 bridgehead atoms. The molecule has 1 amide bonds. The zero-order valence-corrected chi connectivity index (χ0v) is 12.1. The van der Waals surface area contributed by atoms with Crippen molar-refractivity contribution < 1.29 is 4.79 Å². The third-order valence-electron chi connectivity index (χ3n) is 3.49. The van der Waals surface area contributed by atoms with E-state index < -0.39 is 0 Å². The number of carbonyl (C=O) groups excluding carboxylic acids is 1. The number of hydrogen-bond acceptors (Lipinski definition) is 1. The molecule has 20 heavy (non-hydrogen) atoms. The first-order chi connectivity index (χ1) is 9.69. The Kier molecular flexibility index (Phi) is 4.94. The van der Waals surface area contributed by atoms with Gasteiger partial charge in [-0.05, 0) is 42.5 Å². The number of amides is 1. The van der Waals surface area contributed by atoms with Crippen LogP contribution in [0, 0.1) is 6.92 Å². The van der Waals surface area contributed by atoms with Gasteiger partial charge in [0.15, 0.2) is 0 Å². The molecule has 0 fully saturated rings. The van der Waals surface area contributed by atoms with Crippen LogP contribution in [0.1, 0.15) is 30.0 Å². The number of anilines is 1. The Bertz CT molecular complexity index is 572. The Morgan fingerprint density at radius 2 is 1.65 bits per heavy atom. The van der Waals surface area contributed by atoms with E-state index >= 15 is 0 Å². The van der Waals surface area contributed by atoms with Gasteiger partial charge in [-0.25, -0.2) is 0 Å². The minimum Gasteiger partial charge on any atom is -0.326 e. The van der Waals surface area contributed by atoms with Crippen LogP contribution in [0.5, 0.6) is 0 Å². The molecule has 0 unspecified atom stereocenters. The predicted octanol–water partition coefficient (Wildman–Crippen LogP) is 4.13. The highest BCUT2D eigenvalue weighted by atomic mass is 16.1. The molecule has 0 saturated heterocycles. The fourth-order valence-corrected chi connectivity index (χ4v) is 2.13. The van der Waals surface area contributed by atoms with Gasteiger partial charge >= 0.3 is 0 Å². The van der Waals surface area contributed by atoms with Gasteiger partial charge in [-0.2, -0.15) is 0 Å². The molecule has 0 radical (unpaired) electrons. The molecule has 2 aromatic carbocycles. The first-order valence-corrected chi connectivity index (χ1v) is 7.12. The van der Waals surface area contributed by atoms with E-state index in [1.165, 1.54) is 11.1 Å². The molecule has 0 heterocycles. The van der Waals surface area contributed by atoms with Gasteiger partial charge in [0.05, 0.1) is 0 Å². The van der Waals surface area contributed by atoms with Crippen LogP contribution in [0.15, 0.2) is 48.5 Å². The zero-order chi connectivity index (χ0) is 14.4. The maximum Gasteiger partial charge on any atom is 0.224 e. The van der Waals surface area contributed by atoms with Gasteiger partial charge in [0, 0.05) is 12.1 Å². The zero-order valence-electron chi connectivity index (χ0n) is 12.1. The normalized spacial score (nSPS) is 10.3. The van der Waals surface area contributed by atoms with Crippen molar-refractivity contribution in [3.63, 3.8) is 0 Å². The van der Waals surface area contributed by atoms with Crippen molar-refractivity contribution in [3.05, 3.63) is 65.2 Å². The Balaban J connectivity index is 1.87. The van der Waals surface area contributed by atoms with Crippen LogP contribution in [0.4, 0.5) is 5.69 Å². The Hall–Kier alpha value is -2.09. The molecule has 2 aromatic rings. The van der Waals surface area contributed by atoms with E-state index in [1.807, 2.05) is 31.2 Å². The highest BCUT2D eigenvalue weighted by molar-refractivity contribution is 5.91. The largest absolute Gasteiger partial charge is 0.326 e. The first kappa shape index (κ1) is 14.3. The SMILES string of the molecule is CCc1ccc(CCC(=O)Nc2ccccc2C)cc1. The van der Waals surface area contributed by atoms with Crippen molar-refractivity contribution in [1.29, 1.82) is 0 Å². The molecule has 0 atom stereocenters. The summed E-state index contributed by atoms with van der Waals surface area (Å²) in [7, 11) is 0.